The Balaban J connectivity index is 1.25. The minimum absolute atomic E-state index is 0.534. The van der Waals surface area contributed by atoms with Gasteiger partial charge in [-0.3, -0.25) is 0 Å². The first-order valence-corrected chi connectivity index (χ1v) is 16.5. The van der Waals surface area contributed by atoms with E-state index in [0.29, 0.717) is 11.1 Å². The molecule has 3 aromatic heterocycles. The van der Waals surface area contributed by atoms with Gasteiger partial charge in [0.1, 0.15) is 6.07 Å². The predicted octanol–water partition coefficient (Wildman–Crippen LogP) is 12.3. The monoisotopic (exact) mass is 616 g/mol. The topological polar surface area (TPSA) is 41.9 Å². The van der Waals surface area contributed by atoms with Crippen molar-refractivity contribution < 1.29 is 4.42 Å². The molecule has 0 bridgehead atoms. The van der Waals surface area contributed by atoms with Crippen molar-refractivity contribution >= 4 is 75.3 Å². The van der Waals surface area contributed by atoms with Gasteiger partial charge < -0.3 is 8.98 Å². The molecule has 0 saturated carbocycles. The van der Waals surface area contributed by atoms with Crippen LogP contribution in [0, 0.1) is 11.3 Å². The third kappa shape index (κ3) is 3.78. The zero-order chi connectivity index (χ0) is 31.1. The minimum atomic E-state index is 0.534. The molecular weight excluding hydrogens is 593 g/mol. The van der Waals surface area contributed by atoms with Crippen molar-refractivity contribution in [1.29, 1.82) is 5.26 Å². The van der Waals surface area contributed by atoms with Gasteiger partial charge in [-0.25, -0.2) is 0 Å². The number of rotatable bonds is 3. The van der Waals surface area contributed by atoms with Crippen LogP contribution >= 0.6 is 11.3 Å². The predicted molar refractivity (Wildman–Crippen MR) is 197 cm³/mol. The molecule has 0 atom stereocenters. The van der Waals surface area contributed by atoms with Crippen LogP contribution in [0.3, 0.4) is 0 Å². The SMILES string of the molecule is N#Cc1cc(-c2cccc3c2sc2ccccc23)cc2c1oc1c(-n3c4ccccc4c4ccc(-c5ccccc5)cc43)cccc12. The zero-order valence-electron chi connectivity index (χ0n) is 25.1. The van der Waals surface area contributed by atoms with E-state index in [1.807, 2.05) is 12.1 Å². The summed E-state index contributed by atoms with van der Waals surface area (Å²) in [7, 11) is 0. The summed E-state index contributed by atoms with van der Waals surface area (Å²) in [6.45, 7) is 0. The van der Waals surface area contributed by atoms with Crippen molar-refractivity contribution in [2.75, 3.05) is 0 Å². The average molecular weight is 617 g/mol. The molecule has 0 unspecified atom stereocenters. The smallest absolute Gasteiger partial charge is 0.159 e. The van der Waals surface area contributed by atoms with E-state index in [1.165, 1.54) is 36.5 Å². The van der Waals surface area contributed by atoms with Crippen LogP contribution in [0.25, 0.3) is 91.9 Å². The fraction of sp³-hybridized carbons (Fsp3) is 0. The second-order valence-corrected chi connectivity index (χ2v) is 13.1. The highest BCUT2D eigenvalue weighted by Gasteiger charge is 2.21. The number of para-hydroxylation sites is 2. The van der Waals surface area contributed by atoms with Crippen molar-refractivity contribution in [1.82, 2.24) is 4.57 Å². The van der Waals surface area contributed by atoms with E-state index in [2.05, 4.69) is 144 Å². The molecule has 0 saturated heterocycles. The summed E-state index contributed by atoms with van der Waals surface area (Å²) < 4.78 is 11.5. The zero-order valence-corrected chi connectivity index (χ0v) is 25.9. The van der Waals surface area contributed by atoms with Gasteiger partial charge in [-0.15, -0.1) is 11.3 Å². The van der Waals surface area contributed by atoms with Crippen LogP contribution in [0.1, 0.15) is 5.56 Å². The summed E-state index contributed by atoms with van der Waals surface area (Å²) in [4.78, 5) is 0. The van der Waals surface area contributed by atoms with Gasteiger partial charge >= 0.3 is 0 Å². The van der Waals surface area contributed by atoms with E-state index < -0.39 is 0 Å². The number of hydrogen-bond donors (Lipinski definition) is 0. The normalized spacial score (nSPS) is 11.8. The molecule has 10 aromatic rings. The number of nitrogens with zero attached hydrogens (tertiary/aromatic N) is 2. The minimum Gasteiger partial charge on any atom is -0.452 e. The van der Waals surface area contributed by atoms with Crippen molar-refractivity contribution in [2.45, 2.75) is 0 Å². The molecule has 10 rings (SSSR count). The maximum absolute atomic E-state index is 10.4. The molecule has 7 aromatic carbocycles. The maximum Gasteiger partial charge on any atom is 0.159 e. The molecule has 47 heavy (non-hydrogen) atoms. The summed E-state index contributed by atoms with van der Waals surface area (Å²) in [6, 6.07) is 53.7. The van der Waals surface area contributed by atoms with Crippen LogP contribution in [-0.4, -0.2) is 4.57 Å². The number of furan rings is 1. The number of benzene rings is 7. The Morgan fingerprint density at radius 3 is 2.15 bits per heavy atom. The lowest BCUT2D eigenvalue weighted by atomic mass is 9.98. The third-order valence-electron chi connectivity index (χ3n) is 9.44. The van der Waals surface area contributed by atoms with Gasteiger partial charge in [0.25, 0.3) is 0 Å². The Bertz CT molecular complexity index is 2920. The van der Waals surface area contributed by atoms with Gasteiger partial charge in [0.05, 0.1) is 22.3 Å². The van der Waals surface area contributed by atoms with Gasteiger partial charge in [0.2, 0.25) is 0 Å². The van der Waals surface area contributed by atoms with Crippen LogP contribution in [0.5, 0.6) is 0 Å². The summed E-state index contributed by atoms with van der Waals surface area (Å²) in [5.41, 5.74) is 9.57. The fourth-order valence-corrected chi connectivity index (χ4v) is 8.55. The van der Waals surface area contributed by atoms with Crippen molar-refractivity contribution in [2.24, 2.45) is 0 Å². The van der Waals surface area contributed by atoms with E-state index >= 15 is 0 Å². The van der Waals surface area contributed by atoms with Crippen LogP contribution in [-0.2, 0) is 0 Å². The molecule has 218 valence electrons. The molecule has 0 aliphatic carbocycles. The second-order valence-electron chi connectivity index (χ2n) is 12.0. The largest absolute Gasteiger partial charge is 0.452 e. The van der Waals surface area contributed by atoms with Crippen LogP contribution in [0.4, 0.5) is 0 Å². The van der Waals surface area contributed by atoms with E-state index in [1.54, 1.807) is 11.3 Å². The molecule has 0 amide bonds. The number of fused-ring (bicyclic) bond motifs is 9. The standard InChI is InChI=1S/C43H24N2OS/c44-25-29-22-28(30-14-8-16-35-33-13-5-7-19-40(33)47-43(30)35)23-36-34-15-9-18-38(42(34)46-41(29)36)45-37-17-6-4-12-31(37)32-21-20-27(24-39(32)45)26-10-2-1-3-11-26/h1-24H. The first kappa shape index (κ1) is 26.1. The number of aromatic nitrogens is 1. The van der Waals surface area contributed by atoms with Crippen LogP contribution in [0.15, 0.2) is 150 Å². The van der Waals surface area contributed by atoms with E-state index in [0.717, 1.165) is 49.8 Å². The summed E-state index contributed by atoms with van der Waals surface area (Å²) >= 11 is 1.80. The van der Waals surface area contributed by atoms with Gasteiger partial charge in [-0.05, 0) is 58.7 Å². The summed E-state index contributed by atoms with van der Waals surface area (Å²) in [5, 5.41) is 17.2. The average Bonchev–Trinajstić information content (AvgIpc) is 3.81. The van der Waals surface area contributed by atoms with Gasteiger partial charge in [-0.1, -0.05) is 109 Å². The first-order chi connectivity index (χ1) is 23.3. The Kier molecular flexibility index (Phi) is 5.51. The molecule has 4 heteroatoms. The molecule has 0 N–H and O–H groups in total. The third-order valence-corrected chi connectivity index (χ3v) is 10.7. The first-order valence-electron chi connectivity index (χ1n) is 15.7. The molecule has 0 fully saturated rings. The van der Waals surface area contributed by atoms with Crippen LogP contribution in [0.2, 0.25) is 0 Å². The summed E-state index contributed by atoms with van der Waals surface area (Å²) in [5.74, 6) is 0. The Labute approximate surface area is 273 Å². The molecule has 3 nitrogen and oxygen atoms in total. The number of nitriles is 1. The Morgan fingerprint density at radius 1 is 0.511 bits per heavy atom. The van der Waals surface area contributed by atoms with Crippen molar-refractivity contribution in [3.8, 4) is 34.0 Å². The van der Waals surface area contributed by atoms with E-state index in [9.17, 15) is 5.26 Å². The molecular formula is C43H24N2OS. The van der Waals surface area contributed by atoms with Crippen LogP contribution < -0.4 is 0 Å². The fourth-order valence-electron chi connectivity index (χ4n) is 7.31. The number of thiophene rings is 1. The Morgan fingerprint density at radius 2 is 1.26 bits per heavy atom. The van der Waals surface area contributed by atoms with Gasteiger partial charge in [0, 0.05) is 41.7 Å². The second kappa shape index (κ2) is 9.92. The van der Waals surface area contributed by atoms with E-state index in [-0.39, 0.29) is 0 Å². The molecule has 0 spiro atoms. The lowest BCUT2D eigenvalue weighted by Crippen LogP contribution is -1.94. The Hall–Kier alpha value is -6.15. The summed E-state index contributed by atoms with van der Waals surface area (Å²) in [6.07, 6.45) is 0. The molecule has 0 aliphatic heterocycles. The van der Waals surface area contributed by atoms with Crippen molar-refractivity contribution in [3.05, 3.63) is 151 Å². The highest BCUT2D eigenvalue weighted by molar-refractivity contribution is 7.26. The van der Waals surface area contributed by atoms with Gasteiger partial charge in [-0.2, -0.15) is 5.26 Å². The lowest BCUT2D eigenvalue weighted by molar-refractivity contribution is 0.665. The molecule has 3 heterocycles. The highest BCUT2D eigenvalue weighted by Crippen LogP contribution is 2.44. The molecule has 0 radical (unpaired) electrons. The lowest BCUT2D eigenvalue weighted by Gasteiger charge is -2.09. The van der Waals surface area contributed by atoms with Crippen molar-refractivity contribution in [3.63, 3.8) is 0 Å². The van der Waals surface area contributed by atoms with E-state index in [4.69, 9.17) is 4.42 Å². The quantitative estimate of drug-likeness (QED) is 0.198. The van der Waals surface area contributed by atoms with Gasteiger partial charge in [0.15, 0.2) is 11.2 Å². The maximum atomic E-state index is 10.4. The molecule has 0 aliphatic rings. The highest BCUT2D eigenvalue weighted by atomic mass is 32.1. The number of hydrogen-bond acceptors (Lipinski definition) is 3.